The van der Waals surface area contributed by atoms with Gasteiger partial charge in [-0.3, -0.25) is 0 Å². The molecule has 0 radical (unpaired) electrons. The van der Waals surface area contributed by atoms with Gasteiger partial charge in [0.2, 0.25) is 10.0 Å². The Morgan fingerprint density at radius 1 is 1.26 bits per heavy atom. The topological polar surface area (TPSA) is 66.6 Å². The Hall–Kier alpha value is -0.630. The highest BCUT2D eigenvalue weighted by molar-refractivity contribution is 9.10. The Labute approximate surface area is 122 Å². The second-order valence-electron chi connectivity index (χ2n) is 4.52. The van der Waals surface area contributed by atoms with Crippen LogP contribution in [-0.4, -0.2) is 50.3 Å². The molecule has 1 aliphatic heterocycles. The van der Waals surface area contributed by atoms with Crippen molar-refractivity contribution < 1.29 is 8.42 Å². The van der Waals surface area contributed by atoms with Gasteiger partial charge in [0.25, 0.3) is 0 Å². The van der Waals surface area contributed by atoms with Crippen LogP contribution < -0.4 is 5.73 Å². The summed E-state index contributed by atoms with van der Waals surface area (Å²) >= 11 is 3.27. The van der Waals surface area contributed by atoms with E-state index in [2.05, 4.69) is 27.8 Å². The lowest BCUT2D eigenvalue weighted by molar-refractivity contribution is 0.196. The first-order valence-electron chi connectivity index (χ1n) is 6.22. The maximum Gasteiger partial charge on any atom is 0.243 e. The third-order valence-corrected chi connectivity index (χ3v) is 5.97. The van der Waals surface area contributed by atoms with Crippen LogP contribution in [0.4, 0.5) is 5.69 Å². The fourth-order valence-electron chi connectivity index (χ4n) is 2.10. The number of nitrogens with two attached hydrogens (primary N) is 1. The van der Waals surface area contributed by atoms with Crippen LogP contribution in [0.25, 0.3) is 0 Å². The first-order chi connectivity index (χ1) is 8.95. The Morgan fingerprint density at radius 3 is 2.42 bits per heavy atom. The summed E-state index contributed by atoms with van der Waals surface area (Å²) in [5.41, 5.74) is 6.22. The third-order valence-electron chi connectivity index (χ3n) is 3.39. The number of hydrogen-bond donors (Lipinski definition) is 1. The van der Waals surface area contributed by atoms with Crippen molar-refractivity contribution in [1.29, 1.82) is 0 Å². The van der Waals surface area contributed by atoms with Crippen molar-refractivity contribution in [2.24, 2.45) is 0 Å². The molecule has 5 nitrogen and oxygen atoms in total. The lowest BCUT2D eigenvalue weighted by Gasteiger charge is -2.33. The fraction of sp³-hybridized carbons (Fsp3) is 0.500. The monoisotopic (exact) mass is 347 g/mol. The van der Waals surface area contributed by atoms with Crippen molar-refractivity contribution in [2.75, 3.05) is 38.5 Å². The average Bonchev–Trinajstić information content (AvgIpc) is 2.41. The summed E-state index contributed by atoms with van der Waals surface area (Å²) in [7, 11) is -3.41. The minimum atomic E-state index is -3.41. The molecular weight excluding hydrogens is 330 g/mol. The molecule has 0 aliphatic carbocycles. The summed E-state index contributed by atoms with van der Waals surface area (Å²) in [6.07, 6.45) is 0. The van der Waals surface area contributed by atoms with Gasteiger partial charge in [0.1, 0.15) is 0 Å². The molecule has 0 amide bonds. The molecule has 1 fully saturated rings. The minimum Gasteiger partial charge on any atom is -0.398 e. The fourth-order valence-corrected chi connectivity index (χ4v) is 4.08. The number of benzene rings is 1. The van der Waals surface area contributed by atoms with Gasteiger partial charge in [-0.2, -0.15) is 4.31 Å². The summed E-state index contributed by atoms with van der Waals surface area (Å²) in [5, 5.41) is 0. The van der Waals surface area contributed by atoms with E-state index < -0.39 is 10.0 Å². The van der Waals surface area contributed by atoms with Crippen molar-refractivity contribution in [3.63, 3.8) is 0 Å². The molecule has 1 aromatic carbocycles. The van der Waals surface area contributed by atoms with Crippen LogP contribution in [0.3, 0.4) is 0 Å². The van der Waals surface area contributed by atoms with E-state index in [1.807, 2.05) is 0 Å². The second-order valence-corrected chi connectivity index (χ2v) is 7.31. The molecule has 0 unspecified atom stereocenters. The van der Waals surface area contributed by atoms with Crippen LogP contribution in [0.5, 0.6) is 0 Å². The molecule has 19 heavy (non-hydrogen) atoms. The largest absolute Gasteiger partial charge is 0.398 e. The third kappa shape index (κ3) is 3.10. The van der Waals surface area contributed by atoms with Crippen molar-refractivity contribution in [1.82, 2.24) is 9.21 Å². The number of halogens is 1. The molecule has 1 aromatic rings. The van der Waals surface area contributed by atoms with E-state index in [0.717, 1.165) is 19.6 Å². The maximum absolute atomic E-state index is 12.5. The highest BCUT2D eigenvalue weighted by Crippen LogP contribution is 2.25. The quantitative estimate of drug-likeness (QED) is 0.838. The number of piperazine rings is 1. The smallest absolute Gasteiger partial charge is 0.243 e. The van der Waals surface area contributed by atoms with E-state index in [-0.39, 0.29) is 0 Å². The van der Waals surface area contributed by atoms with Gasteiger partial charge in [-0.1, -0.05) is 6.92 Å². The van der Waals surface area contributed by atoms with E-state index >= 15 is 0 Å². The summed E-state index contributed by atoms with van der Waals surface area (Å²) in [4.78, 5) is 2.53. The Kier molecular flexibility index (Phi) is 4.50. The lowest BCUT2D eigenvalue weighted by atomic mass is 10.3. The first-order valence-corrected chi connectivity index (χ1v) is 8.46. The predicted octanol–water partition coefficient (Wildman–Crippen LogP) is 1.36. The van der Waals surface area contributed by atoms with Crippen LogP contribution >= 0.6 is 15.9 Å². The summed E-state index contributed by atoms with van der Waals surface area (Å²) in [6.45, 7) is 5.69. The zero-order chi connectivity index (χ0) is 14.0. The molecule has 106 valence electrons. The van der Waals surface area contributed by atoms with Gasteiger partial charge >= 0.3 is 0 Å². The highest BCUT2D eigenvalue weighted by Gasteiger charge is 2.28. The van der Waals surface area contributed by atoms with Gasteiger partial charge in [-0.15, -0.1) is 0 Å². The Bertz CT molecular complexity index is 554. The minimum absolute atomic E-state index is 0.290. The Morgan fingerprint density at radius 2 is 1.89 bits per heavy atom. The van der Waals surface area contributed by atoms with Crippen molar-refractivity contribution in [3.8, 4) is 0 Å². The predicted molar refractivity (Wildman–Crippen MR) is 79.4 cm³/mol. The highest BCUT2D eigenvalue weighted by atomic mass is 79.9. The standard InChI is InChI=1S/C12H18BrN3O2S/c1-2-15-5-7-16(8-6-15)19(17,18)10-3-4-12(14)11(13)9-10/h3-4,9H,2,5-8,14H2,1H3. The Balaban J connectivity index is 2.21. The molecule has 0 aromatic heterocycles. The van der Waals surface area contributed by atoms with Gasteiger partial charge in [0.05, 0.1) is 4.90 Å². The van der Waals surface area contributed by atoms with Crippen LogP contribution in [0.2, 0.25) is 0 Å². The van der Waals surface area contributed by atoms with Gasteiger partial charge in [0.15, 0.2) is 0 Å². The zero-order valence-electron chi connectivity index (χ0n) is 10.8. The molecule has 2 rings (SSSR count). The number of likely N-dealkylation sites (N-methyl/N-ethyl adjacent to an activating group) is 1. The summed E-state index contributed by atoms with van der Waals surface area (Å²) in [5.74, 6) is 0. The molecule has 0 saturated carbocycles. The van der Waals surface area contributed by atoms with Crippen molar-refractivity contribution in [2.45, 2.75) is 11.8 Å². The number of sulfonamides is 1. The number of anilines is 1. The summed E-state index contributed by atoms with van der Waals surface area (Å²) in [6, 6.07) is 4.73. The molecule has 1 aliphatic rings. The molecule has 0 atom stereocenters. The normalized spacial score (nSPS) is 18.6. The van der Waals surface area contributed by atoms with Crippen molar-refractivity contribution >= 4 is 31.6 Å². The van der Waals surface area contributed by atoms with E-state index in [9.17, 15) is 8.42 Å². The van der Waals surface area contributed by atoms with E-state index in [1.54, 1.807) is 18.2 Å². The number of nitrogens with zero attached hydrogens (tertiary/aromatic N) is 2. The average molecular weight is 348 g/mol. The lowest BCUT2D eigenvalue weighted by Crippen LogP contribution is -2.48. The van der Waals surface area contributed by atoms with Crippen LogP contribution in [0.1, 0.15) is 6.92 Å². The molecule has 1 saturated heterocycles. The molecular formula is C12H18BrN3O2S. The van der Waals surface area contributed by atoms with Gasteiger partial charge in [-0.05, 0) is 40.7 Å². The van der Waals surface area contributed by atoms with Gasteiger partial charge in [0, 0.05) is 36.3 Å². The van der Waals surface area contributed by atoms with Gasteiger partial charge in [-0.25, -0.2) is 8.42 Å². The van der Waals surface area contributed by atoms with Crippen molar-refractivity contribution in [3.05, 3.63) is 22.7 Å². The van der Waals surface area contributed by atoms with Gasteiger partial charge < -0.3 is 10.6 Å². The van der Waals surface area contributed by atoms with Crippen LogP contribution in [0.15, 0.2) is 27.6 Å². The number of nitrogen functional groups attached to an aromatic ring is 1. The molecule has 1 heterocycles. The summed E-state index contributed by atoms with van der Waals surface area (Å²) < 4.78 is 27.1. The second kappa shape index (κ2) is 5.78. The zero-order valence-corrected chi connectivity index (χ0v) is 13.2. The van der Waals surface area contributed by atoms with Crippen LogP contribution in [0, 0.1) is 0 Å². The molecule has 2 N–H and O–H groups in total. The molecule has 0 bridgehead atoms. The van der Waals surface area contributed by atoms with E-state index in [0.29, 0.717) is 28.1 Å². The SMILES string of the molecule is CCN1CCN(S(=O)(=O)c2ccc(N)c(Br)c2)CC1. The molecule has 7 heteroatoms. The maximum atomic E-state index is 12.5. The number of rotatable bonds is 3. The van der Waals surface area contributed by atoms with E-state index in [1.165, 1.54) is 4.31 Å². The van der Waals surface area contributed by atoms with Crippen LogP contribution in [-0.2, 0) is 10.0 Å². The first kappa shape index (κ1) is 14.8. The number of hydrogen-bond acceptors (Lipinski definition) is 4. The molecule has 0 spiro atoms. The van der Waals surface area contributed by atoms with E-state index in [4.69, 9.17) is 5.73 Å².